The highest BCUT2D eigenvalue weighted by Crippen LogP contribution is 2.28. The van der Waals surface area contributed by atoms with Crippen LogP contribution in [0.15, 0.2) is 18.2 Å². The molecule has 0 saturated heterocycles. The predicted octanol–water partition coefficient (Wildman–Crippen LogP) is 2.81. The Bertz CT molecular complexity index is 635. The third-order valence-corrected chi connectivity index (χ3v) is 3.66. The largest absolute Gasteiger partial charge is 0.573 e. The third-order valence-electron chi connectivity index (χ3n) is 3.29. The van der Waals surface area contributed by atoms with Crippen molar-refractivity contribution in [3.63, 3.8) is 0 Å². The summed E-state index contributed by atoms with van der Waals surface area (Å²) < 4.78 is 40.8. The Kier molecular flexibility index (Phi) is 5.42. The highest BCUT2D eigenvalue weighted by Gasteiger charge is 2.31. The number of hydrogen-bond donors (Lipinski definition) is 1. The molecular weight excluding hydrogens is 335 g/mol. The Morgan fingerprint density at radius 1 is 1.39 bits per heavy atom. The predicted molar refractivity (Wildman–Crippen MR) is 76.9 cm³/mol. The average molecular weight is 350 g/mol. The molecule has 126 valence electrons. The molecule has 1 aromatic carbocycles. The van der Waals surface area contributed by atoms with Crippen molar-refractivity contribution in [2.45, 2.75) is 32.3 Å². The van der Waals surface area contributed by atoms with Gasteiger partial charge >= 0.3 is 6.36 Å². The van der Waals surface area contributed by atoms with Gasteiger partial charge < -0.3 is 4.74 Å². The maximum absolute atomic E-state index is 12.3. The summed E-state index contributed by atoms with van der Waals surface area (Å²) in [7, 11) is 1.83. The van der Waals surface area contributed by atoms with Gasteiger partial charge in [-0.05, 0) is 37.7 Å². The van der Waals surface area contributed by atoms with Crippen molar-refractivity contribution in [2.24, 2.45) is 0 Å². The first-order chi connectivity index (χ1) is 10.7. The highest BCUT2D eigenvalue weighted by molar-refractivity contribution is 6.31. The van der Waals surface area contributed by atoms with Crippen molar-refractivity contribution in [2.75, 3.05) is 7.05 Å². The lowest BCUT2D eigenvalue weighted by Crippen LogP contribution is -2.31. The van der Waals surface area contributed by atoms with Crippen LogP contribution < -0.4 is 4.74 Å². The molecule has 6 nitrogen and oxygen atoms in total. The number of nitrogens with zero attached hydrogens (tertiary/aromatic N) is 4. The van der Waals surface area contributed by atoms with Crippen molar-refractivity contribution in [3.05, 3.63) is 34.6 Å². The lowest BCUT2D eigenvalue weighted by atomic mass is 10.1. The van der Waals surface area contributed by atoms with Gasteiger partial charge in [0.15, 0.2) is 5.82 Å². The molecule has 0 spiro atoms. The minimum absolute atomic E-state index is 0.0378. The van der Waals surface area contributed by atoms with Crippen molar-refractivity contribution >= 4 is 11.6 Å². The summed E-state index contributed by atoms with van der Waals surface area (Å²) >= 11 is 6.06. The van der Waals surface area contributed by atoms with E-state index in [1.54, 1.807) is 0 Å². The molecule has 0 amide bonds. The summed E-state index contributed by atoms with van der Waals surface area (Å²) in [6.07, 6.45) is -4.19. The van der Waals surface area contributed by atoms with E-state index in [1.807, 2.05) is 18.9 Å². The summed E-state index contributed by atoms with van der Waals surface area (Å²) in [5, 5.41) is 14.0. The zero-order chi connectivity index (χ0) is 17.0. The van der Waals surface area contributed by atoms with Crippen LogP contribution in [0, 0.1) is 0 Å². The van der Waals surface area contributed by atoms with E-state index in [2.05, 4.69) is 25.4 Å². The quantitative estimate of drug-likeness (QED) is 0.868. The van der Waals surface area contributed by atoms with Crippen LogP contribution >= 0.6 is 11.6 Å². The number of aromatic nitrogens is 4. The zero-order valence-corrected chi connectivity index (χ0v) is 13.2. The van der Waals surface area contributed by atoms with E-state index in [0.29, 0.717) is 29.4 Å². The number of aromatic amines is 1. The molecule has 0 aliphatic carbocycles. The lowest BCUT2D eigenvalue weighted by molar-refractivity contribution is -0.274. The van der Waals surface area contributed by atoms with Gasteiger partial charge in [-0.1, -0.05) is 16.8 Å². The van der Waals surface area contributed by atoms with E-state index in [4.69, 9.17) is 11.6 Å². The number of tetrazole rings is 1. The standard InChI is InChI=1S/C13H15ClF3N5O/c1-8(5-12-18-20-21-19-12)22(2)7-9-6-10(3-4-11(9)14)23-13(15,16)17/h3-4,6,8H,5,7H2,1-2H3,(H,18,19,20,21). The van der Waals surface area contributed by atoms with Gasteiger partial charge in [0.25, 0.3) is 0 Å². The Labute approximate surface area is 135 Å². The zero-order valence-electron chi connectivity index (χ0n) is 12.4. The van der Waals surface area contributed by atoms with Crippen molar-refractivity contribution < 1.29 is 17.9 Å². The molecule has 0 saturated carbocycles. The number of ether oxygens (including phenoxy) is 1. The smallest absolute Gasteiger partial charge is 0.406 e. The van der Waals surface area contributed by atoms with Crippen LogP contribution in [-0.2, 0) is 13.0 Å². The molecule has 2 aromatic rings. The van der Waals surface area contributed by atoms with Crippen LogP contribution in [0.1, 0.15) is 18.3 Å². The topological polar surface area (TPSA) is 66.9 Å². The Hall–Kier alpha value is -1.87. The number of halogens is 4. The van der Waals surface area contributed by atoms with Gasteiger partial charge in [-0.2, -0.15) is 5.21 Å². The van der Waals surface area contributed by atoms with E-state index in [9.17, 15) is 13.2 Å². The molecule has 10 heteroatoms. The summed E-state index contributed by atoms with van der Waals surface area (Å²) in [5.74, 6) is 0.265. The normalized spacial score (nSPS) is 13.3. The van der Waals surface area contributed by atoms with Gasteiger partial charge in [-0.15, -0.1) is 23.4 Å². The second kappa shape index (κ2) is 7.14. The first kappa shape index (κ1) is 17.5. The molecule has 1 N–H and O–H groups in total. The number of alkyl halides is 3. The first-order valence-electron chi connectivity index (χ1n) is 6.71. The number of likely N-dealkylation sites (N-methyl/N-ethyl adjacent to an activating group) is 1. The van der Waals surface area contributed by atoms with Gasteiger partial charge in [0, 0.05) is 24.0 Å². The third kappa shape index (κ3) is 5.36. The lowest BCUT2D eigenvalue weighted by Gasteiger charge is -2.24. The van der Waals surface area contributed by atoms with Crippen LogP contribution in [0.4, 0.5) is 13.2 Å². The second-order valence-corrected chi connectivity index (χ2v) is 5.50. The van der Waals surface area contributed by atoms with Gasteiger partial charge in [-0.3, -0.25) is 4.90 Å². The SMILES string of the molecule is CC(Cc1nn[nH]n1)N(C)Cc1cc(OC(F)(F)F)ccc1Cl. The van der Waals surface area contributed by atoms with Gasteiger partial charge in [-0.25, -0.2) is 0 Å². The van der Waals surface area contributed by atoms with Crippen molar-refractivity contribution in [1.82, 2.24) is 25.5 Å². The number of benzene rings is 1. The number of nitrogens with one attached hydrogen (secondary N) is 1. The molecule has 2 rings (SSSR count). The summed E-state index contributed by atoms with van der Waals surface area (Å²) in [4.78, 5) is 1.93. The molecule has 1 unspecified atom stereocenters. The molecule has 23 heavy (non-hydrogen) atoms. The fourth-order valence-corrected chi connectivity index (χ4v) is 2.16. The Morgan fingerprint density at radius 2 is 2.13 bits per heavy atom. The number of hydrogen-bond acceptors (Lipinski definition) is 5. The maximum atomic E-state index is 12.3. The maximum Gasteiger partial charge on any atom is 0.573 e. The minimum Gasteiger partial charge on any atom is -0.406 e. The number of H-pyrrole nitrogens is 1. The van der Waals surface area contributed by atoms with Gasteiger partial charge in [0.05, 0.1) is 0 Å². The summed E-state index contributed by atoms with van der Waals surface area (Å²) in [5.41, 5.74) is 0.538. The van der Waals surface area contributed by atoms with E-state index in [0.717, 1.165) is 0 Å². The second-order valence-electron chi connectivity index (χ2n) is 5.10. The molecule has 1 heterocycles. The van der Waals surface area contributed by atoms with E-state index in [1.165, 1.54) is 18.2 Å². The van der Waals surface area contributed by atoms with Crippen LogP contribution in [0.3, 0.4) is 0 Å². The molecule has 0 aliphatic rings. The molecular formula is C13H15ClF3N5O. The van der Waals surface area contributed by atoms with Gasteiger partial charge in [0.2, 0.25) is 0 Å². The van der Waals surface area contributed by atoms with Crippen molar-refractivity contribution in [1.29, 1.82) is 0 Å². The Balaban J connectivity index is 2.04. The van der Waals surface area contributed by atoms with Crippen LogP contribution in [0.25, 0.3) is 0 Å². The molecule has 1 aromatic heterocycles. The Morgan fingerprint density at radius 3 is 2.74 bits per heavy atom. The first-order valence-corrected chi connectivity index (χ1v) is 7.09. The number of rotatable bonds is 6. The summed E-state index contributed by atoms with van der Waals surface area (Å²) in [6.45, 7) is 2.30. The van der Waals surface area contributed by atoms with E-state index >= 15 is 0 Å². The van der Waals surface area contributed by atoms with E-state index in [-0.39, 0.29) is 11.8 Å². The van der Waals surface area contributed by atoms with Crippen molar-refractivity contribution in [3.8, 4) is 5.75 Å². The van der Waals surface area contributed by atoms with Crippen LogP contribution in [0.2, 0.25) is 5.02 Å². The van der Waals surface area contributed by atoms with E-state index < -0.39 is 6.36 Å². The average Bonchev–Trinajstić information content (AvgIpc) is 2.93. The molecule has 0 fully saturated rings. The molecule has 0 bridgehead atoms. The highest BCUT2D eigenvalue weighted by atomic mass is 35.5. The molecule has 0 aliphatic heterocycles. The van der Waals surface area contributed by atoms with Gasteiger partial charge in [0.1, 0.15) is 5.75 Å². The minimum atomic E-state index is -4.73. The fraction of sp³-hybridized carbons (Fsp3) is 0.462. The fourth-order valence-electron chi connectivity index (χ4n) is 1.98. The van der Waals surface area contributed by atoms with Crippen LogP contribution in [-0.4, -0.2) is 45.0 Å². The molecule has 0 radical (unpaired) electrons. The van der Waals surface area contributed by atoms with Crippen LogP contribution in [0.5, 0.6) is 5.75 Å². The molecule has 1 atom stereocenters. The summed E-state index contributed by atoms with van der Waals surface area (Å²) in [6, 6.07) is 3.89. The monoisotopic (exact) mass is 349 g/mol.